The van der Waals surface area contributed by atoms with E-state index < -0.39 is 12.1 Å². The van der Waals surface area contributed by atoms with Crippen LogP contribution in [0.2, 0.25) is 0 Å². The molecule has 0 aliphatic carbocycles. The number of amides is 1. The van der Waals surface area contributed by atoms with Crippen molar-refractivity contribution in [2.45, 2.75) is 25.8 Å². The van der Waals surface area contributed by atoms with E-state index in [1.165, 1.54) is 17.4 Å². The summed E-state index contributed by atoms with van der Waals surface area (Å²) < 4.78 is 7.47. The fourth-order valence-electron chi connectivity index (χ4n) is 3.99. The van der Waals surface area contributed by atoms with E-state index in [1.807, 2.05) is 18.2 Å². The number of nitrogens with one attached hydrogen (secondary N) is 1. The van der Waals surface area contributed by atoms with Crippen LogP contribution in [0.4, 0.5) is 4.79 Å². The largest absolute Gasteiger partial charge is 0.491 e. The summed E-state index contributed by atoms with van der Waals surface area (Å²) in [5.41, 5.74) is 0.801. The molecule has 4 rings (SSSR count). The number of benzene rings is 2. The first kappa shape index (κ1) is 20.9. The number of carbonyl (C=O) groups is 1. The highest BCUT2D eigenvalue weighted by atomic mass is 16.5. The number of hydrogen-bond acceptors (Lipinski definition) is 5. The summed E-state index contributed by atoms with van der Waals surface area (Å²) in [6.45, 7) is 5.13. The van der Waals surface area contributed by atoms with E-state index in [0.717, 1.165) is 19.6 Å². The third-order valence-electron chi connectivity index (χ3n) is 5.49. The first-order valence-electron chi connectivity index (χ1n) is 10.5. The van der Waals surface area contributed by atoms with E-state index in [-0.39, 0.29) is 5.56 Å². The lowest BCUT2D eigenvalue weighted by Gasteiger charge is -2.20. The van der Waals surface area contributed by atoms with Gasteiger partial charge in [-0.3, -0.25) is 14.3 Å². The summed E-state index contributed by atoms with van der Waals surface area (Å²) in [4.78, 5) is 31.9. The Morgan fingerprint density at radius 3 is 2.61 bits per heavy atom. The Balaban J connectivity index is 1.78. The molecule has 2 aromatic carbocycles. The van der Waals surface area contributed by atoms with Crippen LogP contribution in [0.5, 0.6) is 5.75 Å². The van der Waals surface area contributed by atoms with Crippen molar-refractivity contribution in [2.24, 2.45) is 0 Å². The first-order valence-corrected chi connectivity index (χ1v) is 10.5. The molecule has 31 heavy (non-hydrogen) atoms. The van der Waals surface area contributed by atoms with Gasteiger partial charge in [-0.1, -0.05) is 24.3 Å². The van der Waals surface area contributed by atoms with Crippen LogP contribution < -0.4 is 15.6 Å². The van der Waals surface area contributed by atoms with E-state index in [4.69, 9.17) is 4.74 Å². The highest BCUT2D eigenvalue weighted by Gasteiger charge is 2.21. The topological polar surface area (TPSA) is 96.7 Å². The van der Waals surface area contributed by atoms with Gasteiger partial charge in [-0.2, -0.15) is 0 Å². The van der Waals surface area contributed by atoms with Gasteiger partial charge in [0.2, 0.25) is 0 Å². The average molecular weight is 422 g/mol. The highest BCUT2D eigenvalue weighted by Crippen LogP contribution is 2.24. The summed E-state index contributed by atoms with van der Waals surface area (Å²) in [5.74, 6) is 0.810. The number of ether oxygens (including phenoxy) is 1. The Labute approximate surface area is 180 Å². The van der Waals surface area contributed by atoms with E-state index in [2.05, 4.69) is 15.2 Å². The van der Waals surface area contributed by atoms with Gasteiger partial charge < -0.3 is 15.2 Å². The van der Waals surface area contributed by atoms with Crippen LogP contribution in [0.1, 0.15) is 31.6 Å². The molecular weight excluding hydrogens is 396 g/mol. The zero-order valence-electron chi connectivity index (χ0n) is 17.5. The van der Waals surface area contributed by atoms with Gasteiger partial charge in [-0.05, 0) is 57.1 Å². The molecule has 1 fully saturated rings. The standard InChI is InChI=1S/C23H26N4O4/c1-16(24-23(29)30)21-25-18-10-7-11-19(31-15-14-26-12-5-6-13-26)20(18)22(28)27(21)17-8-3-2-4-9-17/h2-4,7-11,16,24H,5-6,12-15H2,1H3,(H,29,30). The minimum Gasteiger partial charge on any atom is -0.491 e. The zero-order chi connectivity index (χ0) is 21.8. The normalized spacial score (nSPS) is 15.1. The van der Waals surface area contributed by atoms with Gasteiger partial charge in [0, 0.05) is 6.54 Å². The Morgan fingerprint density at radius 1 is 1.16 bits per heavy atom. The van der Waals surface area contributed by atoms with Gasteiger partial charge in [-0.15, -0.1) is 0 Å². The molecule has 1 aliphatic rings. The molecular formula is C23H26N4O4. The van der Waals surface area contributed by atoms with Crippen molar-refractivity contribution in [3.8, 4) is 11.4 Å². The van der Waals surface area contributed by atoms with Crippen molar-refractivity contribution in [3.05, 3.63) is 64.7 Å². The van der Waals surface area contributed by atoms with Crippen LogP contribution in [0.25, 0.3) is 16.6 Å². The maximum Gasteiger partial charge on any atom is 0.405 e. The third kappa shape index (κ3) is 4.54. The maximum atomic E-state index is 13.6. The van der Waals surface area contributed by atoms with Crippen molar-refractivity contribution >= 4 is 17.0 Å². The van der Waals surface area contributed by atoms with Gasteiger partial charge in [0.15, 0.2) is 0 Å². The van der Waals surface area contributed by atoms with E-state index in [9.17, 15) is 14.7 Å². The summed E-state index contributed by atoms with van der Waals surface area (Å²) >= 11 is 0. The van der Waals surface area contributed by atoms with Crippen molar-refractivity contribution < 1.29 is 14.6 Å². The molecule has 162 valence electrons. The van der Waals surface area contributed by atoms with Crippen molar-refractivity contribution in [2.75, 3.05) is 26.2 Å². The Kier molecular flexibility index (Phi) is 6.18. The Bertz CT molecular complexity index is 1120. The Hall–Kier alpha value is -3.39. The summed E-state index contributed by atoms with van der Waals surface area (Å²) in [6, 6.07) is 13.7. The van der Waals surface area contributed by atoms with Crippen LogP contribution in [-0.4, -0.2) is 51.9 Å². The fraction of sp³-hybridized carbons (Fsp3) is 0.348. The number of fused-ring (bicyclic) bond motifs is 1. The number of nitrogens with zero attached hydrogens (tertiary/aromatic N) is 3. The van der Waals surface area contributed by atoms with E-state index >= 15 is 0 Å². The molecule has 2 N–H and O–H groups in total. The second kappa shape index (κ2) is 9.18. The summed E-state index contributed by atoms with van der Waals surface area (Å²) in [5, 5.41) is 12.0. The molecule has 1 amide bonds. The number of carboxylic acid groups (broad SMARTS) is 1. The summed E-state index contributed by atoms with van der Waals surface area (Å²) in [7, 11) is 0. The molecule has 0 radical (unpaired) electrons. The van der Waals surface area contributed by atoms with Crippen LogP contribution in [0.15, 0.2) is 53.3 Å². The van der Waals surface area contributed by atoms with Crippen LogP contribution >= 0.6 is 0 Å². The molecule has 2 heterocycles. The molecule has 1 atom stereocenters. The quantitative estimate of drug-likeness (QED) is 0.607. The maximum absolute atomic E-state index is 13.6. The first-order chi connectivity index (χ1) is 15.0. The number of hydrogen-bond donors (Lipinski definition) is 2. The van der Waals surface area contributed by atoms with Gasteiger partial charge in [-0.25, -0.2) is 9.78 Å². The lowest BCUT2D eigenvalue weighted by atomic mass is 10.2. The smallest absolute Gasteiger partial charge is 0.405 e. The third-order valence-corrected chi connectivity index (χ3v) is 5.49. The molecule has 0 saturated carbocycles. The predicted molar refractivity (Wildman–Crippen MR) is 118 cm³/mol. The van der Waals surface area contributed by atoms with Crippen LogP contribution in [0.3, 0.4) is 0 Å². The number of aromatic nitrogens is 2. The van der Waals surface area contributed by atoms with Crippen molar-refractivity contribution in [3.63, 3.8) is 0 Å². The number of rotatable bonds is 7. The minimum absolute atomic E-state index is 0.290. The van der Waals surface area contributed by atoms with Crippen LogP contribution in [0, 0.1) is 0 Å². The number of para-hydroxylation sites is 1. The lowest BCUT2D eigenvalue weighted by Crippen LogP contribution is -2.32. The SMILES string of the molecule is CC(NC(=O)O)c1nc2cccc(OCCN3CCCC3)c2c(=O)n1-c1ccccc1. The van der Waals surface area contributed by atoms with Crippen molar-refractivity contribution in [1.29, 1.82) is 0 Å². The highest BCUT2D eigenvalue weighted by molar-refractivity contribution is 5.84. The van der Waals surface area contributed by atoms with Gasteiger partial charge in [0.25, 0.3) is 5.56 Å². The summed E-state index contributed by atoms with van der Waals surface area (Å²) in [6.07, 6.45) is 1.25. The molecule has 8 heteroatoms. The molecule has 1 unspecified atom stereocenters. The molecule has 1 aromatic heterocycles. The zero-order valence-corrected chi connectivity index (χ0v) is 17.5. The monoisotopic (exact) mass is 422 g/mol. The minimum atomic E-state index is -1.18. The predicted octanol–water partition coefficient (Wildman–Crippen LogP) is 3.19. The molecule has 8 nitrogen and oxygen atoms in total. The molecule has 1 saturated heterocycles. The van der Waals surface area contributed by atoms with Crippen LogP contribution in [-0.2, 0) is 0 Å². The molecule has 3 aromatic rings. The second-order valence-electron chi connectivity index (χ2n) is 7.66. The van der Waals surface area contributed by atoms with E-state index in [0.29, 0.717) is 34.8 Å². The van der Waals surface area contributed by atoms with E-state index in [1.54, 1.807) is 37.3 Å². The average Bonchev–Trinajstić information content (AvgIpc) is 3.27. The second-order valence-corrected chi connectivity index (χ2v) is 7.66. The molecule has 1 aliphatic heterocycles. The Morgan fingerprint density at radius 2 is 1.90 bits per heavy atom. The molecule has 0 bridgehead atoms. The fourth-order valence-corrected chi connectivity index (χ4v) is 3.99. The van der Waals surface area contributed by atoms with Gasteiger partial charge in [0.1, 0.15) is 23.6 Å². The lowest BCUT2D eigenvalue weighted by molar-refractivity contribution is 0.190. The van der Waals surface area contributed by atoms with Gasteiger partial charge >= 0.3 is 6.09 Å². The molecule has 0 spiro atoms. The number of likely N-dealkylation sites (tertiary alicyclic amines) is 1. The van der Waals surface area contributed by atoms with Gasteiger partial charge in [0.05, 0.1) is 17.2 Å². The van der Waals surface area contributed by atoms with Crippen molar-refractivity contribution in [1.82, 2.24) is 19.8 Å².